The average Bonchev–Trinajstić information content (AvgIpc) is 3.12. The van der Waals surface area contributed by atoms with Crippen LogP contribution in [0.25, 0.3) is 10.2 Å². The third-order valence-electron chi connectivity index (χ3n) is 6.31. The van der Waals surface area contributed by atoms with Gasteiger partial charge in [-0.15, -0.1) is 11.3 Å². The number of carbonyl (C=O) groups is 1. The summed E-state index contributed by atoms with van der Waals surface area (Å²) in [6.45, 7) is 4.91. The molecule has 1 N–H and O–H groups in total. The maximum absolute atomic E-state index is 13.6. The van der Waals surface area contributed by atoms with Gasteiger partial charge in [-0.2, -0.15) is 0 Å². The van der Waals surface area contributed by atoms with Gasteiger partial charge in [0.1, 0.15) is 17.2 Å². The summed E-state index contributed by atoms with van der Waals surface area (Å²) in [4.78, 5) is 35.5. The van der Waals surface area contributed by atoms with Gasteiger partial charge < -0.3 is 10.2 Å². The fourth-order valence-electron chi connectivity index (χ4n) is 4.51. The lowest BCUT2D eigenvalue weighted by Crippen LogP contribution is -2.33. The van der Waals surface area contributed by atoms with Crippen LogP contribution in [0.5, 0.6) is 0 Å². The molecule has 2 aromatic heterocycles. The van der Waals surface area contributed by atoms with Crippen molar-refractivity contribution in [3.8, 4) is 0 Å². The molecule has 7 heteroatoms. The van der Waals surface area contributed by atoms with Gasteiger partial charge in [0.05, 0.1) is 11.9 Å². The van der Waals surface area contributed by atoms with Gasteiger partial charge in [-0.25, -0.2) is 4.98 Å². The first kappa shape index (κ1) is 23.6. The maximum atomic E-state index is 13.6. The van der Waals surface area contributed by atoms with Crippen LogP contribution in [0.4, 0.5) is 5.69 Å². The molecule has 1 aliphatic rings. The van der Waals surface area contributed by atoms with E-state index in [2.05, 4.69) is 31.3 Å². The molecule has 1 atom stereocenters. The van der Waals surface area contributed by atoms with E-state index in [1.54, 1.807) is 15.9 Å². The number of rotatable bonds is 8. The molecule has 6 nitrogen and oxygen atoms in total. The second-order valence-corrected chi connectivity index (χ2v) is 10.6. The Morgan fingerprint density at radius 2 is 2.03 bits per heavy atom. The third kappa shape index (κ3) is 5.36. The minimum atomic E-state index is -0.211. The zero-order chi connectivity index (χ0) is 23.5. The second kappa shape index (κ2) is 10.2. The number of anilines is 1. The van der Waals surface area contributed by atoms with Crippen LogP contribution in [0.2, 0.25) is 0 Å². The highest BCUT2D eigenvalue weighted by molar-refractivity contribution is 7.18. The van der Waals surface area contributed by atoms with Crippen molar-refractivity contribution in [1.82, 2.24) is 14.5 Å². The Labute approximate surface area is 199 Å². The van der Waals surface area contributed by atoms with Crippen LogP contribution in [0.15, 0.2) is 29.1 Å². The third-order valence-corrected chi connectivity index (χ3v) is 7.46. The standard InChI is InChI=1S/C26H34N4O2S/c1-5-6-7-18-9-11-19(12-10-18)27-23(31)16-30-22(15-29(3)4)28-25-24(26(30)32)20-13-8-17(2)14-21(20)33-25/h9-12,17H,5-8,13-16H2,1-4H3,(H,27,31). The Kier molecular flexibility index (Phi) is 7.29. The van der Waals surface area contributed by atoms with Gasteiger partial charge in [0.25, 0.3) is 5.56 Å². The van der Waals surface area contributed by atoms with E-state index in [9.17, 15) is 9.59 Å². The molecule has 0 radical (unpaired) electrons. The highest BCUT2D eigenvalue weighted by Gasteiger charge is 2.25. The molecule has 2 heterocycles. The highest BCUT2D eigenvalue weighted by Crippen LogP contribution is 2.35. The first-order valence-electron chi connectivity index (χ1n) is 11.9. The summed E-state index contributed by atoms with van der Waals surface area (Å²) in [5, 5.41) is 3.67. The number of fused-ring (bicyclic) bond motifs is 3. The summed E-state index contributed by atoms with van der Waals surface area (Å²) in [6.07, 6.45) is 6.37. The largest absolute Gasteiger partial charge is 0.325 e. The van der Waals surface area contributed by atoms with Crippen molar-refractivity contribution < 1.29 is 4.79 Å². The number of hydrogen-bond acceptors (Lipinski definition) is 5. The molecule has 0 saturated carbocycles. The first-order chi connectivity index (χ1) is 15.9. The second-order valence-electron chi connectivity index (χ2n) is 9.54. The van der Waals surface area contributed by atoms with Crippen LogP contribution in [0.1, 0.15) is 54.9 Å². The Bertz CT molecular complexity index is 1190. The Balaban J connectivity index is 1.62. The fourth-order valence-corrected chi connectivity index (χ4v) is 5.90. The number of nitrogens with zero attached hydrogens (tertiary/aromatic N) is 3. The summed E-state index contributed by atoms with van der Waals surface area (Å²) in [7, 11) is 3.89. The number of amides is 1. The zero-order valence-electron chi connectivity index (χ0n) is 20.1. The van der Waals surface area contributed by atoms with Gasteiger partial charge in [0, 0.05) is 10.6 Å². The Morgan fingerprint density at radius 3 is 2.73 bits per heavy atom. The summed E-state index contributed by atoms with van der Waals surface area (Å²) in [6, 6.07) is 7.98. The molecule has 0 saturated heterocycles. The van der Waals surface area contributed by atoms with Gasteiger partial charge in [0.15, 0.2) is 0 Å². The summed E-state index contributed by atoms with van der Waals surface area (Å²) < 4.78 is 1.57. The minimum Gasteiger partial charge on any atom is -0.325 e. The number of unbranched alkanes of at least 4 members (excludes halogenated alkanes) is 1. The van der Waals surface area contributed by atoms with Crippen LogP contribution in [-0.4, -0.2) is 34.5 Å². The van der Waals surface area contributed by atoms with E-state index in [4.69, 9.17) is 4.98 Å². The van der Waals surface area contributed by atoms with Gasteiger partial charge in [-0.1, -0.05) is 32.4 Å². The topological polar surface area (TPSA) is 67.2 Å². The molecule has 1 unspecified atom stereocenters. The van der Waals surface area contributed by atoms with Crippen molar-refractivity contribution in [2.24, 2.45) is 5.92 Å². The van der Waals surface area contributed by atoms with Crippen molar-refractivity contribution >= 4 is 33.1 Å². The lowest BCUT2D eigenvalue weighted by Gasteiger charge is -2.18. The number of thiophene rings is 1. The van der Waals surface area contributed by atoms with Crippen LogP contribution >= 0.6 is 11.3 Å². The van der Waals surface area contributed by atoms with E-state index in [0.29, 0.717) is 18.3 Å². The van der Waals surface area contributed by atoms with Gasteiger partial charge in [-0.3, -0.25) is 14.2 Å². The van der Waals surface area contributed by atoms with Gasteiger partial charge in [0.2, 0.25) is 5.91 Å². The van der Waals surface area contributed by atoms with E-state index >= 15 is 0 Å². The molecular formula is C26H34N4O2S. The first-order valence-corrected chi connectivity index (χ1v) is 12.7. The molecule has 0 aliphatic heterocycles. The smallest absolute Gasteiger partial charge is 0.263 e. The number of aryl methyl sites for hydroxylation is 2. The quantitative estimate of drug-likeness (QED) is 0.526. The average molecular weight is 467 g/mol. The van der Waals surface area contributed by atoms with Gasteiger partial charge in [-0.05, 0) is 75.4 Å². The monoisotopic (exact) mass is 466 g/mol. The van der Waals surface area contributed by atoms with Crippen molar-refractivity contribution in [3.63, 3.8) is 0 Å². The van der Waals surface area contributed by atoms with E-state index in [1.807, 2.05) is 31.1 Å². The maximum Gasteiger partial charge on any atom is 0.263 e. The van der Waals surface area contributed by atoms with E-state index in [-0.39, 0.29) is 18.0 Å². The van der Waals surface area contributed by atoms with Crippen LogP contribution < -0.4 is 10.9 Å². The summed E-state index contributed by atoms with van der Waals surface area (Å²) in [5.74, 6) is 1.06. The fraction of sp³-hybridized carbons (Fsp3) is 0.500. The van der Waals surface area contributed by atoms with Crippen LogP contribution in [0, 0.1) is 5.92 Å². The molecule has 0 bridgehead atoms. The van der Waals surface area contributed by atoms with E-state index < -0.39 is 0 Å². The Morgan fingerprint density at radius 1 is 1.27 bits per heavy atom. The SMILES string of the molecule is CCCCc1ccc(NC(=O)Cn2c(CN(C)C)nc3sc4c(c3c2=O)CCC(C)C4)cc1. The molecule has 3 aromatic rings. The molecule has 1 aliphatic carbocycles. The van der Waals surface area contributed by atoms with Crippen molar-refractivity contribution in [3.05, 3.63) is 56.4 Å². The highest BCUT2D eigenvalue weighted by atomic mass is 32.1. The van der Waals surface area contributed by atoms with Crippen molar-refractivity contribution in [1.29, 1.82) is 0 Å². The Hall–Kier alpha value is -2.51. The number of benzene rings is 1. The molecule has 1 amide bonds. The molecular weight excluding hydrogens is 432 g/mol. The van der Waals surface area contributed by atoms with E-state index in [0.717, 1.165) is 60.0 Å². The number of aromatic nitrogens is 2. The predicted octanol–water partition coefficient (Wildman–Crippen LogP) is 4.63. The van der Waals surface area contributed by atoms with Crippen molar-refractivity contribution in [2.75, 3.05) is 19.4 Å². The molecule has 33 heavy (non-hydrogen) atoms. The van der Waals surface area contributed by atoms with Crippen LogP contribution in [0.3, 0.4) is 0 Å². The molecule has 0 spiro atoms. The molecule has 0 fully saturated rings. The number of hydrogen-bond donors (Lipinski definition) is 1. The van der Waals surface area contributed by atoms with Crippen molar-refractivity contribution in [2.45, 2.75) is 65.5 Å². The van der Waals surface area contributed by atoms with Crippen LogP contribution in [-0.2, 0) is 37.1 Å². The zero-order valence-corrected chi connectivity index (χ0v) is 20.9. The molecule has 1 aromatic carbocycles. The minimum absolute atomic E-state index is 0.0381. The number of nitrogens with one attached hydrogen (secondary N) is 1. The predicted molar refractivity (Wildman–Crippen MR) is 136 cm³/mol. The van der Waals surface area contributed by atoms with Gasteiger partial charge >= 0.3 is 0 Å². The number of carbonyl (C=O) groups excluding carboxylic acids is 1. The molecule has 4 rings (SSSR count). The van der Waals surface area contributed by atoms with E-state index in [1.165, 1.54) is 10.4 Å². The lowest BCUT2D eigenvalue weighted by molar-refractivity contribution is -0.116. The lowest BCUT2D eigenvalue weighted by atomic mass is 9.89. The normalized spacial score (nSPS) is 15.7. The summed E-state index contributed by atoms with van der Waals surface area (Å²) >= 11 is 1.65. The molecule has 176 valence electrons. The summed E-state index contributed by atoms with van der Waals surface area (Å²) in [5.41, 5.74) is 3.08.